The summed E-state index contributed by atoms with van der Waals surface area (Å²) in [4.78, 5) is 36.7. The molecule has 1 aliphatic rings. The number of ether oxygens (including phenoxy) is 2. The minimum atomic E-state index is -0.928. The summed E-state index contributed by atoms with van der Waals surface area (Å²) in [5.74, 6) is 1.12. The fraction of sp³-hybridized carbons (Fsp3) is 0.222. The van der Waals surface area contributed by atoms with Crippen molar-refractivity contribution in [3.8, 4) is 11.1 Å². The van der Waals surface area contributed by atoms with Gasteiger partial charge in [0.05, 0.1) is 0 Å². The SMILES string of the molecule is C[Se]C(=O)N[C@H](CC(=O)OCc1ccccc1)NC(=O)OCC1c2ccccc2-c2ccccc21. The van der Waals surface area contributed by atoms with Crippen LogP contribution in [-0.4, -0.2) is 44.6 Å². The third kappa shape index (κ3) is 6.29. The van der Waals surface area contributed by atoms with E-state index < -0.39 is 18.2 Å². The average molecular weight is 537 g/mol. The van der Waals surface area contributed by atoms with Gasteiger partial charge in [-0.15, -0.1) is 0 Å². The van der Waals surface area contributed by atoms with Crippen molar-refractivity contribution in [2.45, 2.75) is 30.9 Å². The van der Waals surface area contributed by atoms with Crippen LogP contribution in [0.4, 0.5) is 9.59 Å². The number of rotatable bonds is 9. The molecule has 3 aromatic carbocycles. The first kappa shape index (κ1) is 24.5. The van der Waals surface area contributed by atoms with E-state index in [0.29, 0.717) is 0 Å². The number of nitrogens with one attached hydrogen (secondary N) is 2. The molecular formula is C27H26N2O5Se. The van der Waals surface area contributed by atoms with E-state index >= 15 is 0 Å². The van der Waals surface area contributed by atoms with E-state index in [1.807, 2.05) is 66.7 Å². The molecule has 0 unspecified atom stereocenters. The summed E-state index contributed by atoms with van der Waals surface area (Å²) >= 11 is -0.338. The van der Waals surface area contributed by atoms with Crippen molar-refractivity contribution >= 4 is 31.8 Å². The summed E-state index contributed by atoms with van der Waals surface area (Å²) in [5, 5.41) is 5.26. The van der Waals surface area contributed by atoms with Crippen LogP contribution in [0.1, 0.15) is 29.0 Å². The zero-order valence-corrected chi connectivity index (χ0v) is 20.9. The van der Waals surface area contributed by atoms with Crippen LogP contribution in [0, 0.1) is 0 Å². The molecule has 180 valence electrons. The molecule has 4 rings (SSSR count). The van der Waals surface area contributed by atoms with E-state index in [2.05, 4.69) is 22.8 Å². The molecule has 0 saturated heterocycles. The zero-order chi connectivity index (χ0) is 24.6. The number of carbonyl (C=O) groups excluding carboxylic acids is 3. The van der Waals surface area contributed by atoms with Crippen LogP contribution in [0.3, 0.4) is 0 Å². The predicted molar refractivity (Wildman–Crippen MR) is 133 cm³/mol. The van der Waals surface area contributed by atoms with Gasteiger partial charge in [0.1, 0.15) is 0 Å². The number of alkyl carbamates (subject to hydrolysis) is 1. The van der Waals surface area contributed by atoms with Crippen molar-refractivity contribution in [2.24, 2.45) is 0 Å². The summed E-state index contributed by atoms with van der Waals surface area (Å²) in [5.41, 5.74) is 5.32. The van der Waals surface area contributed by atoms with E-state index in [-0.39, 0.29) is 45.3 Å². The molecule has 0 heterocycles. The second kappa shape index (κ2) is 11.7. The standard InChI is InChI=1S/C27H26N2O5Se/c1-35-27(32)29-24(15-25(30)33-16-18-9-3-2-4-10-18)28-26(31)34-17-23-21-13-7-5-11-19(21)20-12-6-8-14-22(20)23/h2-14,23-24H,15-17H2,1H3,(H,28,31)(H,29,32)/t24-/m1/s1. The first-order valence-corrected chi connectivity index (χ1v) is 13.8. The molecule has 1 aliphatic carbocycles. The number of carbonyl (C=O) groups is 3. The Morgan fingerprint density at radius 2 is 1.43 bits per heavy atom. The van der Waals surface area contributed by atoms with Crippen LogP contribution in [-0.2, 0) is 20.9 Å². The van der Waals surface area contributed by atoms with Crippen LogP contribution >= 0.6 is 0 Å². The van der Waals surface area contributed by atoms with Crippen LogP contribution in [0.5, 0.6) is 0 Å². The number of amides is 2. The van der Waals surface area contributed by atoms with Crippen LogP contribution in [0.25, 0.3) is 11.1 Å². The Labute approximate surface area is 210 Å². The quantitative estimate of drug-likeness (QED) is 0.239. The second-order valence-corrected chi connectivity index (χ2v) is 9.64. The van der Waals surface area contributed by atoms with Gasteiger partial charge in [0.2, 0.25) is 0 Å². The summed E-state index contributed by atoms with van der Waals surface area (Å²) in [6.45, 7) is 0.250. The molecule has 0 radical (unpaired) electrons. The predicted octanol–water partition coefficient (Wildman–Crippen LogP) is 4.45. The van der Waals surface area contributed by atoms with Gasteiger partial charge in [-0.3, -0.25) is 0 Å². The van der Waals surface area contributed by atoms with Gasteiger partial charge in [-0.05, 0) is 0 Å². The Hall–Kier alpha value is -3.61. The topological polar surface area (TPSA) is 93.7 Å². The van der Waals surface area contributed by atoms with Gasteiger partial charge in [-0.25, -0.2) is 0 Å². The van der Waals surface area contributed by atoms with Crippen molar-refractivity contribution in [3.63, 3.8) is 0 Å². The summed E-state index contributed by atoms with van der Waals surface area (Å²) in [6, 6.07) is 25.4. The number of fused-ring (bicyclic) bond motifs is 3. The molecule has 0 saturated carbocycles. The van der Waals surface area contributed by atoms with Crippen molar-refractivity contribution in [1.29, 1.82) is 0 Å². The van der Waals surface area contributed by atoms with Gasteiger partial charge in [-0.2, -0.15) is 0 Å². The Balaban J connectivity index is 1.35. The third-order valence-electron chi connectivity index (χ3n) is 5.73. The maximum atomic E-state index is 12.6. The van der Waals surface area contributed by atoms with Gasteiger partial charge in [0, 0.05) is 0 Å². The molecule has 2 N–H and O–H groups in total. The van der Waals surface area contributed by atoms with E-state index in [4.69, 9.17) is 9.47 Å². The molecule has 0 bridgehead atoms. The normalized spacial score (nSPS) is 12.7. The first-order valence-electron chi connectivity index (χ1n) is 11.2. The zero-order valence-electron chi connectivity index (χ0n) is 19.2. The van der Waals surface area contributed by atoms with Gasteiger partial charge < -0.3 is 0 Å². The number of hydrogen-bond donors (Lipinski definition) is 2. The van der Waals surface area contributed by atoms with Crippen molar-refractivity contribution in [3.05, 3.63) is 95.6 Å². The molecule has 0 aliphatic heterocycles. The summed E-state index contributed by atoms with van der Waals surface area (Å²) in [7, 11) is 0. The van der Waals surface area contributed by atoms with E-state index in [9.17, 15) is 14.4 Å². The molecule has 0 fully saturated rings. The van der Waals surface area contributed by atoms with Gasteiger partial charge in [0.25, 0.3) is 0 Å². The molecule has 0 aromatic heterocycles. The monoisotopic (exact) mass is 538 g/mol. The van der Waals surface area contributed by atoms with Crippen LogP contribution in [0.15, 0.2) is 78.9 Å². The van der Waals surface area contributed by atoms with Crippen LogP contribution < -0.4 is 10.6 Å². The molecular weight excluding hydrogens is 511 g/mol. The fourth-order valence-electron chi connectivity index (χ4n) is 4.09. The van der Waals surface area contributed by atoms with Crippen molar-refractivity contribution < 1.29 is 23.9 Å². The Morgan fingerprint density at radius 1 is 0.829 bits per heavy atom. The molecule has 35 heavy (non-hydrogen) atoms. The molecule has 0 spiro atoms. The van der Waals surface area contributed by atoms with Gasteiger partial charge >= 0.3 is 211 Å². The number of hydrogen-bond acceptors (Lipinski definition) is 5. The molecule has 7 nitrogen and oxygen atoms in total. The summed E-state index contributed by atoms with van der Waals surface area (Å²) in [6.07, 6.45) is -1.85. The van der Waals surface area contributed by atoms with E-state index in [1.165, 1.54) is 0 Å². The first-order chi connectivity index (χ1) is 17.0. The molecule has 1 atom stereocenters. The van der Waals surface area contributed by atoms with E-state index in [1.54, 1.807) is 5.82 Å². The Bertz CT molecular complexity index is 1160. The van der Waals surface area contributed by atoms with Crippen LogP contribution in [0.2, 0.25) is 5.82 Å². The molecule has 3 aromatic rings. The number of benzene rings is 3. The maximum absolute atomic E-state index is 12.6. The second-order valence-electron chi connectivity index (χ2n) is 8.01. The molecule has 8 heteroatoms. The van der Waals surface area contributed by atoms with Gasteiger partial charge in [-0.1, -0.05) is 0 Å². The van der Waals surface area contributed by atoms with Gasteiger partial charge in [0.15, 0.2) is 0 Å². The minimum absolute atomic E-state index is 0.0870. The fourth-order valence-corrected chi connectivity index (χ4v) is 4.63. The Morgan fingerprint density at radius 3 is 2.06 bits per heavy atom. The third-order valence-corrected chi connectivity index (χ3v) is 6.75. The summed E-state index contributed by atoms with van der Waals surface area (Å²) < 4.78 is 10.8. The number of esters is 1. The average Bonchev–Trinajstić information content (AvgIpc) is 3.20. The molecule has 2 amide bonds. The van der Waals surface area contributed by atoms with E-state index in [0.717, 1.165) is 27.8 Å². The Kier molecular flexibility index (Phi) is 8.19. The van der Waals surface area contributed by atoms with Crippen molar-refractivity contribution in [1.82, 2.24) is 10.6 Å². The van der Waals surface area contributed by atoms with Crippen molar-refractivity contribution in [2.75, 3.05) is 6.61 Å².